The zero-order valence-electron chi connectivity index (χ0n) is 12.6. The van der Waals surface area contributed by atoms with Gasteiger partial charge in [-0.1, -0.05) is 30.3 Å². The van der Waals surface area contributed by atoms with Crippen molar-refractivity contribution in [2.24, 2.45) is 0 Å². The Morgan fingerprint density at radius 2 is 1.82 bits per heavy atom. The number of nitrogens with one attached hydrogen (secondary N) is 1. The van der Waals surface area contributed by atoms with Crippen LogP contribution < -0.4 is 10.1 Å². The Morgan fingerprint density at radius 1 is 1.14 bits per heavy atom. The van der Waals surface area contributed by atoms with Crippen LogP contribution in [0.25, 0.3) is 5.57 Å². The summed E-state index contributed by atoms with van der Waals surface area (Å²) in [6.45, 7) is 4.07. The molecule has 0 fully saturated rings. The monoisotopic (exact) mass is 359 g/mol. The predicted molar refractivity (Wildman–Crippen MR) is 93.0 cm³/mol. The van der Waals surface area contributed by atoms with Crippen molar-refractivity contribution in [3.05, 3.63) is 64.6 Å². The molecule has 0 radical (unpaired) electrons. The third-order valence-corrected chi connectivity index (χ3v) is 3.79. The van der Waals surface area contributed by atoms with Gasteiger partial charge in [0.2, 0.25) is 5.91 Å². The van der Waals surface area contributed by atoms with Crippen LogP contribution in [0.5, 0.6) is 11.5 Å². The molecule has 0 aromatic heterocycles. The summed E-state index contributed by atoms with van der Waals surface area (Å²) in [5, 5.41) is 2.75. The fraction of sp³-hybridized carbons (Fsp3) is 0.167. The second-order valence-electron chi connectivity index (χ2n) is 4.88. The highest BCUT2D eigenvalue weighted by Gasteiger charge is 2.02. The molecule has 0 aliphatic carbocycles. The fourth-order valence-electron chi connectivity index (χ4n) is 1.91. The molecular formula is C18H18BrNO2. The van der Waals surface area contributed by atoms with Gasteiger partial charge in [0.15, 0.2) is 0 Å². The average Bonchev–Trinajstić information content (AvgIpc) is 2.50. The van der Waals surface area contributed by atoms with Gasteiger partial charge in [0.05, 0.1) is 4.47 Å². The van der Waals surface area contributed by atoms with E-state index in [1.165, 1.54) is 6.92 Å². The molecule has 0 spiro atoms. The van der Waals surface area contributed by atoms with Crippen LogP contribution in [0.4, 0.5) is 0 Å². The van der Waals surface area contributed by atoms with Gasteiger partial charge in [0.25, 0.3) is 0 Å². The summed E-state index contributed by atoms with van der Waals surface area (Å²) >= 11 is 3.46. The third kappa shape index (κ3) is 4.74. The van der Waals surface area contributed by atoms with Gasteiger partial charge in [-0.05, 0) is 58.3 Å². The molecule has 0 saturated carbocycles. The molecule has 4 heteroatoms. The first kappa shape index (κ1) is 16.3. The molecule has 0 bridgehead atoms. The molecule has 1 amide bonds. The van der Waals surface area contributed by atoms with Crippen molar-refractivity contribution in [1.82, 2.24) is 5.32 Å². The highest BCUT2D eigenvalue weighted by Crippen LogP contribution is 2.29. The minimum absolute atomic E-state index is 0.0266. The van der Waals surface area contributed by atoms with E-state index in [0.29, 0.717) is 6.54 Å². The Kier molecular flexibility index (Phi) is 5.78. The Labute approximate surface area is 139 Å². The van der Waals surface area contributed by atoms with Crippen molar-refractivity contribution in [3.63, 3.8) is 0 Å². The second kappa shape index (κ2) is 7.80. The maximum atomic E-state index is 10.8. The number of hydrogen-bond donors (Lipinski definition) is 1. The maximum Gasteiger partial charge on any atom is 0.217 e. The molecule has 1 N–H and O–H groups in total. The lowest BCUT2D eigenvalue weighted by Gasteiger charge is -2.09. The number of halogens is 1. The average molecular weight is 360 g/mol. The molecule has 0 heterocycles. The van der Waals surface area contributed by atoms with E-state index >= 15 is 0 Å². The molecule has 114 valence electrons. The van der Waals surface area contributed by atoms with E-state index in [4.69, 9.17) is 4.74 Å². The summed E-state index contributed by atoms with van der Waals surface area (Å²) in [5.41, 5.74) is 2.21. The predicted octanol–water partition coefficient (Wildman–Crippen LogP) is 4.78. The zero-order valence-corrected chi connectivity index (χ0v) is 14.2. The number of benzene rings is 2. The van der Waals surface area contributed by atoms with E-state index in [1.807, 2.05) is 61.5 Å². The van der Waals surface area contributed by atoms with Gasteiger partial charge in [0, 0.05) is 13.5 Å². The topological polar surface area (TPSA) is 38.3 Å². The van der Waals surface area contributed by atoms with E-state index < -0.39 is 0 Å². The molecule has 22 heavy (non-hydrogen) atoms. The number of para-hydroxylation sites is 1. The first-order valence-electron chi connectivity index (χ1n) is 7.00. The van der Waals surface area contributed by atoms with Gasteiger partial charge in [0.1, 0.15) is 11.5 Å². The number of carbonyl (C=O) groups is 1. The largest absolute Gasteiger partial charge is 0.456 e. The zero-order chi connectivity index (χ0) is 15.9. The third-order valence-electron chi connectivity index (χ3n) is 3.13. The number of hydrogen-bond acceptors (Lipinski definition) is 2. The lowest BCUT2D eigenvalue weighted by Crippen LogP contribution is -2.19. The SMILES string of the molecule is CC(=O)NCC=C(C)c1ccc(Oc2ccccc2Br)cc1. The Bertz CT molecular complexity index is 678. The molecule has 0 aliphatic rings. The highest BCUT2D eigenvalue weighted by molar-refractivity contribution is 9.10. The van der Waals surface area contributed by atoms with Crippen LogP contribution in [-0.4, -0.2) is 12.5 Å². The normalized spacial score (nSPS) is 11.1. The molecule has 0 saturated heterocycles. The van der Waals surface area contributed by atoms with Gasteiger partial charge in [-0.2, -0.15) is 0 Å². The Balaban J connectivity index is 2.04. The summed E-state index contributed by atoms with van der Waals surface area (Å²) in [6, 6.07) is 15.6. The molecule has 2 rings (SSSR count). The molecule has 0 unspecified atom stereocenters. The van der Waals surface area contributed by atoms with Gasteiger partial charge >= 0.3 is 0 Å². The number of ether oxygens (including phenoxy) is 1. The molecular weight excluding hydrogens is 342 g/mol. The maximum absolute atomic E-state index is 10.8. The van der Waals surface area contributed by atoms with Crippen LogP contribution >= 0.6 is 15.9 Å². The van der Waals surface area contributed by atoms with Gasteiger partial charge in [-0.3, -0.25) is 4.79 Å². The van der Waals surface area contributed by atoms with E-state index in [1.54, 1.807) is 0 Å². The number of amides is 1. The standard InChI is InChI=1S/C18H18BrNO2/c1-13(11-12-20-14(2)21)15-7-9-16(10-8-15)22-18-6-4-3-5-17(18)19/h3-11H,12H2,1-2H3,(H,20,21). The first-order valence-corrected chi connectivity index (χ1v) is 7.79. The molecule has 2 aromatic rings. The van der Waals surface area contributed by atoms with E-state index in [2.05, 4.69) is 21.2 Å². The van der Waals surface area contributed by atoms with Crippen LogP contribution in [0.1, 0.15) is 19.4 Å². The summed E-state index contributed by atoms with van der Waals surface area (Å²) in [4.78, 5) is 10.8. The van der Waals surface area contributed by atoms with Crippen LogP contribution in [0, 0.1) is 0 Å². The van der Waals surface area contributed by atoms with Crippen molar-refractivity contribution in [2.45, 2.75) is 13.8 Å². The number of rotatable bonds is 5. The molecule has 0 atom stereocenters. The second-order valence-corrected chi connectivity index (χ2v) is 5.74. The summed E-state index contributed by atoms with van der Waals surface area (Å²) in [7, 11) is 0. The van der Waals surface area contributed by atoms with Crippen molar-refractivity contribution >= 4 is 27.4 Å². The van der Waals surface area contributed by atoms with Crippen molar-refractivity contribution in [1.29, 1.82) is 0 Å². The van der Waals surface area contributed by atoms with E-state index in [0.717, 1.165) is 27.1 Å². The Morgan fingerprint density at radius 3 is 2.45 bits per heavy atom. The van der Waals surface area contributed by atoms with Crippen LogP contribution in [-0.2, 0) is 4.79 Å². The lowest BCUT2D eigenvalue weighted by molar-refractivity contribution is -0.118. The minimum Gasteiger partial charge on any atom is -0.456 e. The number of allylic oxidation sites excluding steroid dienone is 1. The van der Waals surface area contributed by atoms with Gasteiger partial charge < -0.3 is 10.1 Å². The quantitative estimate of drug-likeness (QED) is 0.833. The first-order chi connectivity index (χ1) is 10.6. The summed E-state index contributed by atoms with van der Waals surface area (Å²) < 4.78 is 6.75. The smallest absolute Gasteiger partial charge is 0.217 e. The number of carbonyl (C=O) groups excluding carboxylic acids is 1. The van der Waals surface area contributed by atoms with Crippen LogP contribution in [0.15, 0.2) is 59.1 Å². The van der Waals surface area contributed by atoms with Crippen LogP contribution in [0.3, 0.4) is 0 Å². The molecule has 2 aromatic carbocycles. The minimum atomic E-state index is -0.0266. The lowest BCUT2D eigenvalue weighted by atomic mass is 10.1. The van der Waals surface area contributed by atoms with E-state index in [9.17, 15) is 4.79 Å². The van der Waals surface area contributed by atoms with Gasteiger partial charge in [-0.25, -0.2) is 0 Å². The van der Waals surface area contributed by atoms with Crippen molar-refractivity contribution < 1.29 is 9.53 Å². The molecule has 3 nitrogen and oxygen atoms in total. The van der Waals surface area contributed by atoms with Crippen molar-refractivity contribution in [2.75, 3.05) is 6.54 Å². The van der Waals surface area contributed by atoms with Gasteiger partial charge in [-0.15, -0.1) is 0 Å². The summed E-state index contributed by atoms with van der Waals surface area (Å²) in [5.74, 6) is 1.54. The van der Waals surface area contributed by atoms with E-state index in [-0.39, 0.29) is 5.91 Å². The van der Waals surface area contributed by atoms with Crippen molar-refractivity contribution in [3.8, 4) is 11.5 Å². The van der Waals surface area contributed by atoms with Crippen LogP contribution in [0.2, 0.25) is 0 Å². The Hall–Kier alpha value is -2.07. The summed E-state index contributed by atoms with van der Waals surface area (Å²) in [6.07, 6.45) is 1.99. The molecule has 0 aliphatic heterocycles. The highest BCUT2D eigenvalue weighted by atomic mass is 79.9. The fourth-order valence-corrected chi connectivity index (χ4v) is 2.27.